The molecule has 3 rings (SSSR count). The zero-order valence-corrected chi connectivity index (χ0v) is 13.3. The van der Waals surface area contributed by atoms with Gasteiger partial charge in [-0.15, -0.1) is 11.3 Å². The third kappa shape index (κ3) is 3.58. The zero-order chi connectivity index (χ0) is 15.4. The molecule has 0 aliphatic heterocycles. The minimum absolute atomic E-state index is 0.0639. The molecule has 0 saturated heterocycles. The summed E-state index contributed by atoms with van der Waals surface area (Å²) in [5.74, 6) is 0.741. The van der Waals surface area contributed by atoms with Crippen LogP contribution >= 0.6 is 11.3 Å². The fourth-order valence-electron chi connectivity index (χ4n) is 2.32. The molecule has 0 unspecified atom stereocenters. The molecular weight excluding hydrogens is 296 g/mol. The van der Waals surface area contributed by atoms with Gasteiger partial charge in [-0.1, -0.05) is 12.1 Å². The molecule has 0 spiro atoms. The fraction of sp³-hybridized carbons (Fsp3) is 0.312. The highest BCUT2D eigenvalue weighted by Gasteiger charge is 2.06. The second kappa shape index (κ2) is 6.81. The monoisotopic (exact) mass is 314 g/mol. The first-order chi connectivity index (χ1) is 10.7. The van der Waals surface area contributed by atoms with Crippen LogP contribution in [0.1, 0.15) is 10.8 Å². The maximum Gasteiger partial charge on any atom is 0.258 e. The van der Waals surface area contributed by atoms with Crippen LogP contribution in [-0.4, -0.2) is 40.0 Å². The van der Waals surface area contributed by atoms with Gasteiger partial charge < -0.3 is 9.88 Å². The number of rotatable bonds is 6. The summed E-state index contributed by atoms with van der Waals surface area (Å²) in [6, 6.07) is 7.43. The van der Waals surface area contributed by atoms with Crippen molar-refractivity contribution in [3.63, 3.8) is 0 Å². The predicted octanol–water partition coefficient (Wildman–Crippen LogP) is 2.10. The third-order valence-corrected chi connectivity index (χ3v) is 4.42. The molecule has 2 heterocycles. The Morgan fingerprint density at radius 1 is 1.23 bits per heavy atom. The lowest BCUT2D eigenvalue weighted by molar-refractivity contribution is 0.340. The van der Waals surface area contributed by atoms with E-state index >= 15 is 0 Å². The minimum Gasteiger partial charge on any atom is -0.310 e. The van der Waals surface area contributed by atoms with Crippen molar-refractivity contribution in [2.45, 2.75) is 12.8 Å². The first-order valence-electron chi connectivity index (χ1n) is 7.27. The van der Waals surface area contributed by atoms with Crippen LogP contribution < -0.4 is 5.56 Å². The maximum atomic E-state index is 12.0. The van der Waals surface area contributed by atoms with Gasteiger partial charge >= 0.3 is 0 Å². The molecule has 0 bridgehead atoms. The van der Waals surface area contributed by atoms with Crippen LogP contribution in [0.3, 0.4) is 0 Å². The molecule has 5 nitrogen and oxygen atoms in total. The van der Waals surface area contributed by atoms with E-state index < -0.39 is 0 Å². The van der Waals surface area contributed by atoms with E-state index in [-0.39, 0.29) is 5.56 Å². The lowest BCUT2D eigenvalue weighted by Crippen LogP contribution is -2.25. The number of fused-ring (bicyclic) bond motifs is 1. The van der Waals surface area contributed by atoms with Crippen molar-refractivity contribution in [2.75, 3.05) is 20.1 Å². The summed E-state index contributed by atoms with van der Waals surface area (Å²) >= 11 is 1.69. The van der Waals surface area contributed by atoms with Crippen LogP contribution in [0.5, 0.6) is 0 Å². The van der Waals surface area contributed by atoms with Crippen LogP contribution in [-0.2, 0) is 12.8 Å². The Bertz CT molecular complexity index is 797. The largest absolute Gasteiger partial charge is 0.310 e. The molecule has 114 valence electrons. The molecule has 0 aliphatic rings. The summed E-state index contributed by atoms with van der Waals surface area (Å²) in [5, 5.41) is 3.80. The van der Waals surface area contributed by atoms with Gasteiger partial charge in [0.2, 0.25) is 0 Å². The Morgan fingerprint density at radius 3 is 2.86 bits per heavy atom. The number of hydrogen-bond donors (Lipinski definition) is 1. The van der Waals surface area contributed by atoms with Crippen molar-refractivity contribution in [3.05, 3.63) is 57.0 Å². The molecule has 0 fully saturated rings. The van der Waals surface area contributed by atoms with Crippen molar-refractivity contribution < 1.29 is 0 Å². The van der Waals surface area contributed by atoms with Crippen LogP contribution in [0.15, 0.2) is 40.6 Å². The van der Waals surface area contributed by atoms with Crippen LogP contribution in [0.25, 0.3) is 10.9 Å². The average molecular weight is 314 g/mol. The smallest absolute Gasteiger partial charge is 0.258 e. The van der Waals surface area contributed by atoms with Crippen molar-refractivity contribution in [1.29, 1.82) is 0 Å². The van der Waals surface area contributed by atoms with Crippen molar-refractivity contribution >= 4 is 22.2 Å². The molecule has 0 saturated carbocycles. The van der Waals surface area contributed by atoms with E-state index in [9.17, 15) is 4.79 Å². The van der Waals surface area contributed by atoms with Gasteiger partial charge in [-0.2, -0.15) is 0 Å². The highest BCUT2D eigenvalue weighted by atomic mass is 32.1. The van der Waals surface area contributed by atoms with Gasteiger partial charge in [-0.05, 0) is 19.2 Å². The molecule has 1 aromatic carbocycles. The average Bonchev–Trinajstić information content (AvgIpc) is 3.04. The first kappa shape index (κ1) is 14.9. The molecule has 22 heavy (non-hydrogen) atoms. The number of thiazole rings is 1. The summed E-state index contributed by atoms with van der Waals surface area (Å²) in [6.45, 7) is 1.80. The van der Waals surface area contributed by atoms with Crippen LogP contribution in [0.2, 0.25) is 0 Å². The molecule has 0 aliphatic carbocycles. The summed E-state index contributed by atoms with van der Waals surface area (Å²) < 4.78 is 0. The number of para-hydroxylation sites is 1. The Balaban J connectivity index is 1.60. The molecular formula is C16H18N4OS. The lowest BCUT2D eigenvalue weighted by atomic mass is 10.2. The van der Waals surface area contributed by atoms with E-state index in [4.69, 9.17) is 0 Å². The molecule has 6 heteroatoms. The Kier molecular flexibility index (Phi) is 4.60. The molecule has 1 N–H and O–H groups in total. The molecule has 0 atom stereocenters. The van der Waals surface area contributed by atoms with Gasteiger partial charge in [0.15, 0.2) is 0 Å². The molecule has 0 amide bonds. The van der Waals surface area contributed by atoms with E-state index in [0.29, 0.717) is 5.39 Å². The summed E-state index contributed by atoms with van der Waals surface area (Å²) in [5.41, 5.74) is 0.692. The van der Waals surface area contributed by atoms with Crippen LogP contribution in [0.4, 0.5) is 0 Å². The number of aromatic nitrogens is 3. The quantitative estimate of drug-likeness (QED) is 0.757. The van der Waals surface area contributed by atoms with E-state index in [1.165, 1.54) is 0 Å². The highest BCUT2D eigenvalue weighted by molar-refractivity contribution is 7.09. The van der Waals surface area contributed by atoms with Gasteiger partial charge in [0.25, 0.3) is 5.56 Å². The van der Waals surface area contributed by atoms with Crippen molar-refractivity contribution in [3.8, 4) is 0 Å². The minimum atomic E-state index is -0.0639. The maximum absolute atomic E-state index is 12.0. The van der Waals surface area contributed by atoms with Gasteiger partial charge in [0.05, 0.1) is 15.9 Å². The van der Waals surface area contributed by atoms with Gasteiger partial charge in [-0.3, -0.25) is 4.79 Å². The summed E-state index contributed by atoms with van der Waals surface area (Å²) in [4.78, 5) is 25.9. The molecule has 2 aromatic heterocycles. The highest BCUT2D eigenvalue weighted by Crippen LogP contribution is 2.07. The predicted molar refractivity (Wildman–Crippen MR) is 89.4 cm³/mol. The number of likely N-dealkylation sites (N-methyl/N-ethyl adjacent to an activating group) is 1. The number of benzene rings is 1. The van der Waals surface area contributed by atoms with Gasteiger partial charge in [-0.25, -0.2) is 9.97 Å². The Hall–Kier alpha value is -2.05. The zero-order valence-electron chi connectivity index (χ0n) is 12.5. The van der Waals surface area contributed by atoms with Crippen LogP contribution in [0, 0.1) is 0 Å². The second-order valence-corrected chi connectivity index (χ2v) is 6.24. The van der Waals surface area contributed by atoms with E-state index in [2.05, 4.69) is 26.9 Å². The van der Waals surface area contributed by atoms with Crippen molar-refractivity contribution in [2.24, 2.45) is 0 Å². The third-order valence-electron chi connectivity index (χ3n) is 3.58. The first-order valence-corrected chi connectivity index (χ1v) is 8.15. The number of aromatic amines is 1. The molecule has 0 radical (unpaired) electrons. The number of nitrogens with one attached hydrogen (secondary N) is 1. The summed E-state index contributed by atoms with van der Waals surface area (Å²) in [7, 11) is 2.08. The SMILES string of the molecule is CN(CCc1nc2ccccc2c(=O)[nH]1)CCc1nccs1. The van der Waals surface area contributed by atoms with Crippen molar-refractivity contribution in [1.82, 2.24) is 19.9 Å². The lowest BCUT2D eigenvalue weighted by Gasteiger charge is -2.15. The Labute approximate surface area is 132 Å². The van der Waals surface area contributed by atoms with E-state index in [1.807, 2.05) is 29.8 Å². The standard InChI is InChI=1S/C16H18N4OS/c1-20(10-7-15-17-8-11-22-15)9-6-14-18-13-5-3-2-4-12(13)16(21)19-14/h2-5,8,11H,6-7,9-10H2,1H3,(H,18,19,21). The van der Waals surface area contributed by atoms with E-state index in [0.717, 1.165) is 42.3 Å². The normalized spacial score (nSPS) is 11.4. The summed E-state index contributed by atoms with van der Waals surface area (Å²) in [6.07, 6.45) is 3.52. The molecule has 3 aromatic rings. The fourth-order valence-corrected chi connectivity index (χ4v) is 2.93. The second-order valence-electron chi connectivity index (χ2n) is 5.26. The Morgan fingerprint density at radius 2 is 2.05 bits per heavy atom. The van der Waals surface area contributed by atoms with Gasteiger partial charge in [0, 0.05) is 37.5 Å². The van der Waals surface area contributed by atoms with E-state index in [1.54, 1.807) is 17.4 Å². The van der Waals surface area contributed by atoms with Gasteiger partial charge in [0.1, 0.15) is 5.82 Å². The number of nitrogens with zero attached hydrogens (tertiary/aromatic N) is 3. The number of hydrogen-bond acceptors (Lipinski definition) is 5. The number of H-pyrrole nitrogens is 1. The topological polar surface area (TPSA) is 61.9 Å².